The van der Waals surface area contributed by atoms with E-state index in [9.17, 15) is 5.11 Å². The third-order valence-corrected chi connectivity index (χ3v) is 2.88. The fraction of sp³-hybridized carbons (Fsp3) is 0.733. The number of nitrogens with one attached hydrogen (secondary N) is 2. The summed E-state index contributed by atoms with van der Waals surface area (Å²) in [5, 5.41) is 15.8. The fourth-order valence-electron chi connectivity index (χ4n) is 1.81. The number of aliphatic hydroxyl groups is 1. The molecule has 3 nitrogen and oxygen atoms in total. The molecule has 0 amide bonds. The summed E-state index contributed by atoms with van der Waals surface area (Å²) in [7, 11) is 0. The number of aliphatic hydroxyl groups excluding tert-OH is 1. The molecule has 0 aromatic carbocycles. The van der Waals surface area contributed by atoms with E-state index in [2.05, 4.69) is 44.4 Å². The molecule has 0 spiro atoms. The van der Waals surface area contributed by atoms with Crippen molar-refractivity contribution in [2.45, 2.75) is 47.0 Å². The molecule has 0 heterocycles. The minimum atomic E-state index is 0.246. The third kappa shape index (κ3) is 8.18. The molecule has 3 heteroatoms. The molecular formula is C15H30N2O. The maximum absolute atomic E-state index is 9.37. The Morgan fingerprint density at radius 1 is 1.22 bits per heavy atom. The average Bonchev–Trinajstić information content (AvgIpc) is 2.35. The van der Waals surface area contributed by atoms with E-state index >= 15 is 0 Å². The summed E-state index contributed by atoms with van der Waals surface area (Å²) in [6, 6.07) is 0. The quantitative estimate of drug-likeness (QED) is 0.415. The minimum Gasteiger partial charge on any atom is -0.396 e. The van der Waals surface area contributed by atoms with E-state index in [0.29, 0.717) is 11.8 Å². The molecule has 1 atom stereocenters. The zero-order chi connectivity index (χ0) is 13.8. The van der Waals surface area contributed by atoms with Gasteiger partial charge in [-0.1, -0.05) is 40.2 Å². The summed E-state index contributed by atoms with van der Waals surface area (Å²) < 4.78 is 0. The van der Waals surface area contributed by atoms with Crippen molar-refractivity contribution in [2.24, 2.45) is 11.8 Å². The molecule has 3 N–H and O–H groups in total. The second-order valence-corrected chi connectivity index (χ2v) is 4.93. The van der Waals surface area contributed by atoms with E-state index in [1.54, 1.807) is 0 Å². The van der Waals surface area contributed by atoms with Crippen LogP contribution in [0.15, 0.2) is 24.0 Å². The van der Waals surface area contributed by atoms with Gasteiger partial charge in [0, 0.05) is 12.5 Å². The standard InChI is InChI=1S/C15H30N2O/c1-5-7-15(11-18)14(6-2)10-17-12-16-9-8-13(3)4/h8-10,13,15-18H,5-7,11-12H2,1-4H3/b9-8-,14-10+. The lowest BCUT2D eigenvalue weighted by molar-refractivity contribution is 0.236. The molecule has 0 fully saturated rings. The lowest BCUT2D eigenvalue weighted by Crippen LogP contribution is -2.22. The van der Waals surface area contributed by atoms with Gasteiger partial charge in [-0.3, -0.25) is 0 Å². The van der Waals surface area contributed by atoms with Crippen molar-refractivity contribution in [3.8, 4) is 0 Å². The Labute approximate surface area is 112 Å². The SMILES string of the molecule is CCCC(CO)/C(=C/NCN/C=C\C(C)C)CC. The predicted octanol–water partition coefficient (Wildman–Crippen LogP) is 3.00. The largest absolute Gasteiger partial charge is 0.396 e. The zero-order valence-corrected chi connectivity index (χ0v) is 12.4. The van der Waals surface area contributed by atoms with Crippen molar-refractivity contribution < 1.29 is 5.11 Å². The molecule has 0 aliphatic carbocycles. The number of hydrogen-bond donors (Lipinski definition) is 3. The Morgan fingerprint density at radius 2 is 1.94 bits per heavy atom. The predicted molar refractivity (Wildman–Crippen MR) is 79.0 cm³/mol. The molecule has 0 radical (unpaired) electrons. The van der Waals surface area contributed by atoms with Crippen molar-refractivity contribution in [1.29, 1.82) is 0 Å². The van der Waals surface area contributed by atoms with E-state index < -0.39 is 0 Å². The molecule has 106 valence electrons. The second kappa shape index (κ2) is 11.1. The van der Waals surface area contributed by atoms with Crippen LogP contribution in [0.25, 0.3) is 0 Å². The van der Waals surface area contributed by atoms with Gasteiger partial charge in [-0.05, 0) is 36.7 Å². The van der Waals surface area contributed by atoms with Crippen LogP contribution in [0.1, 0.15) is 47.0 Å². The Balaban J connectivity index is 4.03. The molecule has 0 saturated heterocycles. The van der Waals surface area contributed by atoms with Crippen molar-refractivity contribution in [2.75, 3.05) is 13.3 Å². The summed E-state index contributed by atoms with van der Waals surface area (Å²) in [6.07, 6.45) is 9.30. The van der Waals surface area contributed by atoms with Crippen LogP contribution >= 0.6 is 0 Å². The van der Waals surface area contributed by atoms with Crippen molar-refractivity contribution in [3.63, 3.8) is 0 Å². The van der Waals surface area contributed by atoms with Gasteiger partial charge in [0.05, 0.1) is 6.67 Å². The highest BCUT2D eigenvalue weighted by atomic mass is 16.3. The minimum absolute atomic E-state index is 0.246. The highest BCUT2D eigenvalue weighted by Crippen LogP contribution is 2.18. The van der Waals surface area contributed by atoms with Gasteiger partial charge in [0.15, 0.2) is 0 Å². The van der Waals surface area contributed by atoms with Crippen molar-refractivity contribution in [1.82, 2.24) is 10.6 Å². The molecule has 0 aliphatic rings. The Hall–Kier alpha value is -0.960. The van der Waals surface area contributed by atoms with Crippen molar-refractivity contribution >= 4 is 0 Å². The van der Waals surface area contributed by atoms with Gasteiger partial charge in [0.1, 0.15) is 0 Å². The van der Waals surface area contributed by atoms with E-state index in [1.807, 2.05) is 12.4 Å². The summed E-state index contributed by atoms with van der Waals surface area (Å²) in [6.45, 7) is 9.56. The van der Waals surface area contributed by atoms with Gasteiger partial charge in [-0.25, -0.2) is 0 Å². The van der Waals surface area contributed by atoms with Crippen LogP contribution in [-0.4, -0.2) is 18.4 Å². The smallest absolute Gasteiger partial charge is 0.0839 e. The van der Waals surface area contributed by atoms with Crippen LogP contribution in [0.5, 0.6) is 0 Å². The van der Waals surface area contributed by atoms with Gasteiger partial charge >= 0.3 is 0 Å². The highest BCUT2D eigenvalue weighted by molar-refractivity contribution is 5.05. The lowest BCUT2D eigenvalue weighted by Gasteiger charge is -2.16. The number of hydrogen-bond acceptors (Lipinski definition) is 3. The Kier molecular flexibility index (Phi) is 10.6. The van der Waals surface area contributed by atoms with Gasteiger partial charge in [-0.2, -0.15) is 0 Å². The van der Waals surface area contributed by atoms with E-state index in [0.717, 1.165) is 25.9 Å². The fourth-order valence-corrected chi connectivity index (χ4v) is 1.81. The monoisotopic (exact) mass is 254 g/mol. The van der Waals surface area contributed by atoms with Crippen LogP contribution in [0.4, 0.5) is 0 Å². The van der Waals surface area contributed by atoms with Crippen molar-refractivity contribution in [3.05, 3.63) is 24.0 Å². The first-order valence-corrected chi connectivity index (χ1v) is 7.08. The Morgan fingerprint density at radius 3 is 2.44 bits per heavy atom. The van der Waals surface area contributed by atoms with Gasteiger partial charge in [0.2, 0.25) is 0 Å². The third-order valence-electron chi connectivity index (χ3n) is 2.88. The highest BCUT2D eigenvalue weighted by Gasteiger charge is 2.10. The van der Waals surface area contributed by atoms with Crippen LogP contribution < -0.4 is 10.6 Å². The topological polar surface area (TPSA) is 44.3 Å². The second-order valence-electron chi connectivity index (χ2n) is 4.93. The lowest BCUT2D eigenvalue weighted by atomic mass is 9.94. The Bertz CT molecular complexity index is 247. The molecule has 0 aromatic heterocycles. The first kappa shape index (κ1) is 17.0. The first-order valence-electron chi connectivity index (χ1n) is 7.08. The van der Waals surface area contributed by atoms with Gasteiger partial charge in [-0.15, -0.1) is 0 Å². The van der Waals surface area contributed by atoms with E-state index in [-0.39, 0.29) is 6.61 Å². The maximum atomic E-state index is 9.37. The van der Waals surface area contributed by atoms with Crippen LogP contribution in [0.2, 0.25) is 0 Å². The number of allylic oxidation sites excluding steroid dienone is 1. The van der Waals surface area contributed by atoms with Crippen LogP contribution in [0, 0.1) is 11.8 Å². The molecule has 0 aromatic rings. The molecule has 0 aliphatic heterocycles. The maximum Gasteiger partial charge on any atom is 0.0839 e. The summed E-state index contributed by atoms with van der Waals surface area (Å²) in [5.41, 5.74) is 1.30. The van der Waals surface area contributed by atoms with Gasteiger partial charge in [0.25, 0.3) is 0 Å². The van der Waals surface area contributed by atoms with E-state index in [1.165, 1.54) is 5.57 Å². The van der Waals surface area contributed by atoms with Gasteiger partial charge < -0.3 is 15.7 Å². The van der Waals surface area contributed by atoms with Crippen LogP contribution in [-0.2, 0) is 0 Å². The van der Waals surface area contributed by atoms with E-state index in [4.69, 9.17) is 0 Å². The molecular weight excluding hydrogens is 224 g/mol. The average molecular weight is 254 g/mol. The van der Waals surface area contributed by atoms with Crippen LogP contribution in [0.3, 0.4) is 0 Å². The summed E-state index contributed by atoms with van der Waals surface area (Å²) >= 11 is 0. The molecule has 1 unspecified atom stereocenters. The molecule has 0 saturated carbocycles. The molecule has 0 bridgehead atoms. The molecule has 0 rings (SSSR count). The first-order chi connectivity index (χ1) is 8.65. The summed E-state index contributed by atoms with van der Waals surface area (Å²) in [5.74, 6) is 0.876. The molecule has 18 heavy (non-hydrogen) atoms. The normalized spacial score (nSPS) is 14.2. The zero-order valence-electron chi connectivity index (χ0n) is 12.4. The summed E-state index contributed by atoms with van der Waals surface area (Å²) in [4.78, 5) is 0. The number of rotatable bonds is 10.